The molecule has 1 aliphatic heterocycles. The summed E-state index contributed by atoms with van der Waals surface area (Å²) in [5, 5.41) is 16.2. The predicted molar refractivity (Wildman–Crippen MR) is 224 cm³/mol. The third kappa shape index (κ3) is 4.86. The molecule has 0 amide bonds. The Kier molecular flexibility index (Phi) is 6.62. The van der Waals surface area contributed by atoms with Crippen molar-refractivity contribution in [1.29, 1.82) is 0 Å². The minimum atomic E-state index is -0.143. The van der Waals surface area contributed by atoms with Crippen molar-refractivity contribution in [3.8, 4) is 5.69 Å². The first-order valence-corrected chi connectivity index (χ1v) is 18.2. The van der Waals surface area contributed by atoms with Crippen LogP contribution in [0.2, 0.25) is 0 Å². The maximum atomic E-state index is 5.27. The molecule has 0 aliphatic carbocycles. The van der Waals surface area contributed by atoms with Crippen LogP contribution < -0.4 is 5.32 Å². The molecule has 11 rings (SSSR count). The van der Waals surface area contributed by atoms with Crippen LogP contribution in [-0.4, -0.2) is 10.4 Å². The molecule has 248 valence electrons. The van der Waals surface area contributed by atoms with Gasteiger partial charge in [-0.2, -0.15) is 0 Å². The number of benzene rings is 9. The van der Waals surface area contributed by atoms with E-state index < -0.39 is 0 Å². The lowest BCUT2D eigenvalue weighted by Crippen LogP contribution is -2.27. The fraction of sp³-hybridized carbons (Fsp3) is 0.0200. The van der Waals surface area contributed by atoms with E-state index in [0.717, 1.165) is 33.9 Å². The van der Waals surface area contributed by atoms with E-state index in [9.17, 15) is 0 Å². The third-order valence-electron chi connectivity index (χ3n) is 10.9. The van der Waals surface area contributed by atoms with Gasteiger partial charge in [0.05, 0.1) is 17.1 Å². The van der Waals surface area contributed by atoms with Gasteiger partial charge >= 0.3 is 0 Å². The van der Waals surface area contributed by atoms with Gasteiger partial charge in [-0.3, -0.25) is 4.99 Å². The van der Waals surface area contributed by atoms with Crippen molar-refractivity contribution in [3.63, 3.8) is 0 Å². The van der Waals surface area contributed by atoms with Crippen LogP contribution >= 0.6 is 0 Å². The van der Waals surface area contributed by atoms with Gasteiger partial charge in [0.1, 0.15) is 5.84 Å². The van der Waals surface area contributed by atoms with Gasteiger partial charge in [0.15, 0.2) is 0 Å². The Bertz CT molecular complexity index is 3050. The van der Waals surface area contributed by atoms with Crippen LogP contribution in [-0.2, 0) is 0 Å². The molecule has 3 nitrogen and oxygen atoms in total. The number of nitrogens with one attached hydrogen (secondary N) is 1. The summed E-state index contributed by atoms with van der Waals surface area (Å²) in [7, 11) is 0. The zero-order valence-electron chi connectivity index (χ0n) is 28.9. The van der Waals surface area contributed by atoms with E-state index in [2.05, 4.69) is 192 Å². The topological polar surface area (TPSA) is 29.3 Å². The standard InChI is InChI=1S/C50H33N3/c1-2-13-35(14-3-1)50-51-44(39-20-18-32-10-4-5-15-36(32)28-39)31-45(52-50)40-21-19-38-30-41(25-22-37(38)29-40)53-46-26-23-33-11-6-8-16-42(33)48(46)49-43-17-9-7-12-34(43)24-27-47(49)53/h1-31,45H,(H,51,52). The van der Waals surface area contributed by atoms with Crippen molar-refractivity contribution in [2.75, 3.05) is 0 Å². The van der Waals surface area contributed by atoms with Crippen LogP contribution in [0, 0.1) is 0 Å². The van der Waals surface area contributed by atoms with Gasteiger partial charge < -0.3 is 9.88 Å². The van der Waals surface area contributed by atoms with Crippen LogP contribution in [0.15, 0.2) is 193 Å². The number of nitrogens with zero attached hydrogens (tertiary/aromatic N) is 2. The van der Waals surface area contributed by atoms with Crippen LogP contribution in [0.3, 0.4) is 0 Å². The molecule has 0 saturated heterocycles. The highest BCUT2D eigenvalue weighted by molar-refractivity contribution is 6.28. The Balaban J connectivity index is 1.05. The minimum absolute atomic E-state index is 0.143. The normalized spacial score (nSPS) is 14.6. The van der Waals surface area contributed by atoms with E-state index in [0.29, 0.717) is 0 Å². The van der Waals surface area contributed by atoms with Crippen LogP contribution in [0.1, 0.15) is 22.7 Å². The summed E-state index contributed by atoms with van der Waals surface area (Å²) in [6.07, 6.45) is 2.26. The minimum Gasteiger partial charge on any atom is -0.340 e. The van der Waals surface area contributed by atoms with Crippen molar-refractivity contribution in [3.05, 3.63) is 205 Å². The molecule has 0 bridgehead atoms. The van der Waals surface area contributed by atoms with Gasteiger partial charge in [-0.1, -0.05) is 146 Å². The van der Waals surface area contributed by atoms with Gasteiger partial charge in [0, 0.05) is 27.7 Å². The first-order valence-electron chi connectivity index (χ1n) is 18.2. The fourth-order valence-corrected chi connectivity index (χ4v) is 8.38. The van der Waals surface area contributed by atoms with Crippen LogP contribution in [0.25, 0.3) is 76.3 Å². The fourth-order valence-electron chi connectivity index (χ4n) is 8.38. The zero-order chi connectivity index (χ0) is 34.9. The lowest BCUT2D eigenvalue weighted by molar-refractivity contribution is 0.882. The van der Waals surface area contributed by atoms with Crippen molar-refractivity contribution in [2.45, 2.75) is 6.04 Å². The second-order valence-corrected chi connectivity index (χ2v) is 14.0. The van der Waals surface area contributed by atoms with E-state index in [4.69, 9.17) is 4.99 Å². The maximum Gasteiger partial charge on any atom is 0.133 e. The quantitative estimate of drug-likeness (QED) is 0.198. The first-order chi connectivity index (χ1) is 26.2. The zero-order valence-corrected chi connectivity index (χ0v) is 28.9. The summed E-state index contributed by atoms with van der Waals surface area (Å²) in [5.74, 6) is 0.878. The molecule has 10 aromatic rings. The van der Waals surface area contributed by atoms with E-state index in [1.165, 1.54) is 64.9 Å². The van der Waals surface area contributed by atoms with Crippen molar-refractivity contribution in [1.82, 2.24) is 9.88 Å². The number of rotatable bonds is 4. The van der Waals surface area contributed by atoms with Gasteiger partial charge in [0.25, 0.3) is 0 Å². The number of aromatic nitrogens is 1. The van der Waals surface area contributed by atoms with E-state index in [1.807, 2.05) is 6.07 Å². The maximum absolute atomic E-state index is 5.27. The number of hydrogen-bond donors (Lipinski definition) is 1. The van der Waals surface area contributed by atoms with Crippen LogP contribution in [0.4, 0.5) is 0 Å². The number of amidine groups is 1. The number of fused-ring (bicyclic) bond motifs is 9. The SMILES string of the molecule is C1=C(c2ccc3ccccc3c2)NC(c2ccccc2)=NC1c1ccc2cc(-n3c4ccc5ccccc5c4c4c5ccccc5ccc43)ccc2c1. The monoisotopic (exact) mass is 675 g/mol. The molecule has 3 heteroatoms. The number of aliphatic imine (C=N–C) groups is 1. The molecule has 1 atom stereocenters. The van der Waals surface area contributed by atoms with Gasteiger partial charge in [-0.25, -0.2) is 0 Å². The molecule has 1 N–H and O–H groups in total. The van der Waals surface area contributed by atoms with E-state index >= 15 is 0 Å². The predicted octanol–water partition coefficient (Wildman–Crippen LogP) is 12.5. The van der Waals surface area contributed by atoms with E-state index in [1.54, 1.807) is 0 Å². The molecular formula is C50H33N3. The van der Waals surface area contributed by atoms with Gasteiger partial charge in [0.2, 0.25) is 0 Å². The summed E-state index contributed by atoms with van der Waals surface area (Å²) in [4.78, 5) is 5.27. The smallest absolute Gasteiger partial charge is 0.133 e. The Morgan fingerprint density at radius 3 is 1.74 bits per heavy atom. The highest BCUT2D eigenvalue weighted by Crippen LogP contribution is 2.41. The van der Waals surface area contributed by atoms with E-state index in [-0.39, 0.29) is 6.04 Å². The summed E-state index contributed by atoms with van der Waals surface area (Å²) in [5.41, 5.74) is 8.03. The summed E-state index contributed by atoms with van der Waals surface area (Å²) >= 11 is 0. The largest absolute Gasteiger partial charge is 0.340 e. The van der Waals surface area contributed by atoms with Crippen molar-refractivity contribution >= 4 is 76.4 Å². The molecule has 2 heterocycles. The van der Waals surface area contributed by atoms with Gasteiger partial charge in [-0.05, 0) is 96.7 Å². The molecule has 53 heavy (non-hydrogen) atoms. The molecule has 1 aliphatic rings. The molecule has 0 radical (unpaired) electrons. The number of hydrogen-bond acceptors (Lipinski definition) is 2. The Labute approximate surface area is 306 Å². The summed E-state index contributed by atoms with van der Waals surface area (Å²) < 4.78 is 2.44. The second-order valence-electron chi connectivity index (χ2n) is 14.0. The highest BCUT2D eigenvalue weighted by atomic mass is 15.0. The highest BCUT2D eigenvalue weighted by Gasteiger charge is 2.21. The molecule has 1 unspecified atom stereocenters. The third-order valence-corrected chi connectivity index (χ3v) is 10.9. The average Bonchev–Trinajstić information content (AvgIpc) is 3.59. The summed E-state index contributed by atoms with van der Waals surface area (Å²) in [6, 6.07) is 65.8. The molecular weight excluding hydrogens is 643 g/mol. The molecule has 0 saturated carbocycles. The molecule has 1 aromatic heterocycles. The lowest BCUT2D eigenvalue weighted by Gasteiger charge is -2.24. The van der Waals surface area contributed by atoms with Crippen LogP contribution in [0.5, 0.6) is 0 Å². The molecule has 0 fully saturated rings. The van der Waals surface area contributed by atoms with Gasteiger partial charge in [-0.15, -0.1) is 0 Å². The summed E-state index contributed by atoms with van der Waals surface area (Å²) in [6.45, 7) is 0. The van der Waals surface area contributed by atoms with Crippen molar-refractivity contribution < 1.29 is 0 Å². The average molecular weight is 676 g/mol. The molecule has 9 aromatic carbocycles. The second kappa shape index (κ2) is 11.8. The Morgan fingerprint density at radius 1 is 0.434 bits per heavy atom. The lowest BCUT2D eigenvalue weighted by atomic mass is 9.97. The van der Waals surface area contributed by atoms with Crippen molar-refractivity contribution in [2.24, 2.45) is 4.99 Å². The molecule has 0 spiro atoms. The Hall–Kier alpha value is -6.97. The first kappa shape index (κ1) is 29.7. The Morgan fingerprint density at radius 2 is 1.00 bits per heavy atom.